The molecule has 0 spiro atoms. The summed E-state index contributed by atoms with van der Waals surface area (Å²) in [5, 5.41) is 3.26. The van der Waals surface area contributed by atoms with E-state index in [-0.39, 0.29) is 0 Å². The highest BCUT2D eigenvalue weighted by Crippen LogP contribution is 2.33. The number of hydrogen-bond acceptors (Lipinski definition) is 3. The van der Waals surface area contributed by atoms with Gasteiger partial charge in [0.1, 0.15) is 5.75 Å². The molecule has 0 saturated heterocycles. The molecule has 0 aliphatic heterocycles. The number of aromatic nitrogens is 1. The van der Waals surface area contributed by atoms with Crippen molar-refractivity contribution in [1.82, 2.24) is 4.73 Å². The summed E-state index contributed by atoms with van der Waals surface area (Å²) in [6.07, 6.45) is 0. The Labute approximate surface area is 173 Å². The number of carbonyl (C=O) groups is 1. The highest BCUT2D eigenvalue weighted by molar-refractivity contribution is 6.08. The Morgan fingerprint density at radius 2 is 1.57 bits per heavy atom. The third kappa shape index (κ3) is 3.08. The average molecular weight is 393 g/mol. The molecule has 0 fully saturated rings. The minimum Gasteiger partial charge on any atom is -0.497 e. The van der Waals surface area contributed by atoms with Crippen LogP contribution in [0, 0.1) is 0 Å². The number of fused-ring (bicyclic) bond motifs is 3. The largest absolute Gasteiger partial charge is 0.497 e. The van der Waals surface area contributed by atoms with Crippen LogP contribution in [0.3, 0.4) is 0 Å². The van der Waals surface area contributed by atoms with Crippen molar-refractivity contribution in [3.05, 3.63) is 103 Å². The van der Waals surface area contributed by atoms with Gasteiger partial charge in [0.15, 0.2) is 0 Å². The van der Waals surface area contributed by atoms with E-state index in [0.29, 0.717) is 5.56 Å². The molecule has 0 amide bonds. The quantitative estimate of drug-likeness (QED) is 0.391. The molecule has 4 nitrogen and oxygen atoms in total. The van der Waals surface area contributed by atoms with Gasteiger partial charge in [-0.15, -0.1) is 0 Å². The Hall–Kier alpha value is -4.05. The van der Waals surface area contributed by atoms with Gasteiger partial charge in [0.05, 0.1) is 23.9 Å². The Kier molecular flexibility index (Phi) is 4.45. The van der Waals surface area contributed by atoms with E-state index in [1.807, 2.05) is 66.7 Å². The molecule has 146 valence electrons. The van der Waals surface area contributed by atoms with E-state index in [0.717, 1.165) is 38.7 Å². The molecule has 0 saturated carbocycles. The molecule has 1 aromatic heterocycles. The van der Waals surface area contributed by atoms with Gasteiger partial charge in [-0.05, 0) is 47.2 Å². The molecule has 0 N–H and O–H groups in total. The van der Waals surface area contributed by atoms with E-state index in [4.69, 9.17) is 9.57 Å². The summed E-state index contributed by atoms with van der Waals surface area (Å²) < 4.78 is 7.01. The van der Waals surface area contributed by atoms with Crippen LogP contribution in [0.15, 0.2) is 97.1 Å². The molecule has 30 heavy (non-hydrogen) atoms. The lowest BCUT2D eigenvalue weighted by Gasteiger charge is -2.12. The average Bonchev–Trinajstić information content (AvgIpc) is 3.18. The van der Waals surface area contributed by atoms with E-state index in [1.165, 1.54) is 0 Å². The minimum atomic E-state index is -0.412. The summed E-state index contributed by atoms with van der Waals surface area (Å²) in [7, 11) is 1.64. The van der Waals surface area contributed by atoms with Gasteiger partial charge in [0, 0.05) is 10.9 Å². The zero-order valence-electron chi connectivity index (χ0n) is 16.4. The number of ether oxygens (including phenoxy) is 1. The summed E-state index contributed by atoms with van der Waals surface area (Å²) in [5.74, 6) is 0.328. The van der Waals surface area contributed by atoms with Crippen LogP contribution in [0.2, 0.25) is 0 Å². The van der Waals surface area contributed by atoms with Crippen LogP contribution >= 0.6 is 0 Å². The lowest BCUT2D eigenvalue weighted by molar-refractivity contribution is 0.0490. The first kappa shape index (κ1) is 18.0. The fourth-order valence-corrected chi connectivity index (χ4v) is 3.73. The number of methoxy groups -OCH3 is 1. The third-order valence-electron chi connectivity index (χ3n) is 5.22. The first-order valence-electron chi connectivity index (χ1n) is 9.70. The highest BCUT2D eigenvalue weighted by Gasteiger charge is 2.18. The van der Waals surface area contributed by atoms with Crippen molar-refractivity contribution in [2.24, 2.45) is 0 Å². The summed E-state index contributed by atoms with van der Waals surface area (Å²) in [6, 6.07) is 31.0. The molecule has 1 heterocycles. The van der Waals surface area contributed by atoms with Crippen LogP contribution in [-0.2, 0) is 0 Å². The normalized spacial score (nSPS) is 11.0. The van der Waals surface area contributed by atoms with Gasteiger partial charge in [0.25, 0.3) is 0 Å². The molecular formula is C26H19NO3. The van der Waals surface area contributed by atoms with E-state index in [1.54, 1.807) is 24.0 Å². The summed E-state index contributed by atoms with van der Waals surface area (Å²) in [5.41, 5.74) is 3.01. The monoisotopic (exact) mass is 393 g/mol. The van der Waals surface area contributed by atoms with Crippen LogP contribution in [0.5, 0.6) is 5.75 Å². The predicted molar refractivity (Wildman–Crippen MR) is 119 cm³/mol. The fraction of sp³-hybridized carbons (Fsp3) is 0.0385. The van der Waals surface area contributed by atoms with E-state index in [2.05, 4.69) is 18.2 Å². The van der Waals surface area contributed by atoms with E-state index >= 15 is 0 Å². The van der Waals surface area contributed by atoms with Crippen LogP contribution in [0.1, 0.15) is 10.4 Å². The Bertz CT molecular complexity index is 1370. The smallest absolute Gasteiger partial charge is 0.363 e. The lowest BCUT2D eigenvalue weighted by atomic mass is 10.1. The molecule has 5 rings (SSSR count). The number of rotatable bonds is 4. The molecule has 0 radical (unpaired) electrons. The molecule has 0 aliphatic rings. The molecule has 0 bridgehead atoms. The third-order valence-corrected chi connectivity index (χ3v) is 5.22. The van der Waals surface area contributed by atoms with Crippen molar-refractivity contribution >= 4 is 27.6 Å². The van der Waals surface area contributed by atoms with Crippen molar-refractivity contribution in [1.29, 1.82) is 0 Å². The number of carbonyl (C=O) groups excluding carboxylic acids is 1. The lowest BCUT2D eigenvalue weighted by Crippen LogP contribution is -2.20. The summed E-state index contributed by atoms with van der Waals surface area (Å²) in [4.78, 5) is 18.8. The van der Waals surface area contributed by atoms with Gasteiger partial charge in [-0.25, -0.2) is 4.79 Å². The molecule has 0 atom stereocenters. The first-order valence-corrected chi connectivity index (χ1v) is 9.70. The van der Waals surface area contributed by atoms with Gasteiger partial charge in [-0.2, -0.15) is 4.73 Å². The van der Waals surface area contributed by atoms with Crippen molar-refractivity contribution in [3.63, 3.8) is 0 Å². The Balaban J connectivity index is 1.73. The number of hydrogen-bond donors (Lipinski definition) is 0. The van der Waals surface area contributed by atoms with E-state index in [9.17, 15) is 4.79 Å². The number of nitrogens with zero attached hydrogens (tertiary/aromatic N) is 1. The van der Waals surface area contributed by atoms with Gasteiger partial charge in [-0.3, -0.25) is 0 Å². The Morgan fingerprint density at radius 1 is 0.767 bits per heavy atom. The van der Waals surface area contributed by atoms with Crippen LogP contribution < -0.4 is 9.57 Å². The summed E-state index contributed by atoms with van der Waals surface area (Å²) >= 11 is 0. The van der Waals surface area contributed by atoms with Crippen LogP contribution in [-0.4, -0.2) is 17.8 Å². The first-order chi connectivity index (χ1) is 14.7. The number of benzene rings is 4. The predicted octanol–water partition coefficient (Wildman–Crippen LogP) is 5.74. The SMILES string of the molecule is COc1cccc(-c2cc3c4ccccc4ccc3n2OC(=O)c2ccccc2)c1. The molecular weight excluding hydrogens is 374 g/mol. The summed E-state index contributed by atoms with van der Waals surface area (Å²) in [6.45, 7) is 0. The van der Waals surface area contributed by atoms with Crippen molar-refractivity contribution < 1.29 is 14.4 Å². The topological polar surface area (TPSA) is 40.5 Å². The maximum Gasteiger partial charge on any atom is 0.363 e. The van der Waals surface area contributed by atoms with Crippen molar-refractivity contribution in [2.75, 3.05) is 7.11 Å². The van der Waals surface area contributed by atoms with Crippen molar-refractivity contribution in [2.45, 2.75) is 0 Å². The van der Waals surface area contributed by atoms with E-state index < -0.39 is 5.97 Å². The second-order valence-electron chi connectivity index (χ2n) is 7.02. The van der Waals surface area contributed by atoms with Gasteiger partial charge < -0.3 is 9.57 Å². The van der Waals surface area contributed by atoms with Crippen LogP contribution in [0.25, 0.3) is 32.9 Å². The van der Waals surface area contributed by atoms with Crippen LogP contribution in [0.4, 0.5) is 0 Å². The van der Waals surface area contributed by atoms with Crippen molar-refractivity contribution in [3.8, 4) is 17.0 Å². The second kappa shape index (κ2) is 7.41. The molecule has 0 unspecified atom stereocenters. The molecule has 0 aliphatic carbocycles. The Morgan fingerprint density at radius 3 is 2.40 bits per heavy atom. The maximum atomic E-state index is 12.9. The minimum absolute atomic E-state index is 0.412. The zero-order chi connectivity index (χ0) is 20.5. The van der Waals surface area contributed by atoms with Gasteiger partial charge in [0.2, 0.25) is 0 Å². The van der Waals surface area contributed by atoms with Gasteiger partial charge in [-0.1, -0.05) is 60.7 Å². The molecule has 4 heteroatoms. The van der Waals surface area contributed by atoms with Gasteiger partial charge >= 0.3 is 5.97 Å². The fourth-order valence-electron chi connectivity index (χ4n) is 3.73. The maximum absolute atomic E-state index is 12.9. The highest BCUT2D eigenvalue weighted by atomic mass is 16.7. The zero-order valence-corrected chi connectivity index (χ0v) is 16.4. The molecule has 4 aromatic carbocycles. The standard InChI is InChI=1S/C26H19NO3/c1-29-21-12-7-11-20(16-21)25-17-23-22-13-6-5-8-18(22)14-15-24(23)27(25)30-26(28)19-9-3-2-4-10-19/h2-17H,1H3. The molecule has 5 aromatic rings. The second-order valence-corrected chi connectivity index (χ2v) is 7.02.